The number of piperidine rings is 1. The van der Waals surface area contributed by atoms with Gasteiger partial charge in [-0.15, -0.1) is 0 Å². The highest BCUT2D eigenvalue weighted by Crippen LogP contribution is 2.28. The first-order chi connectivity index (χ1) is 8.65. The maximum absolute atomic E-state index is 13.8. The van der Waals surface area contributed by atoms with Crippen molar-refractivity contribution in [1.29, 1.82) is 5.26 Å². The van der Waals surface area contributed by atoms with Crippen molar-refractivity contribution in [3.63, 3.8) is 0 Å². The number of methoxy groups -OCH3 is 1. The van der Waals surface area contributed by atoms with Crippen LogP contribution in [0.1, 0.15) is 18.4 Å². The quantitative estimate of drug-likeness (QED) is 0.811. The molecule has 0 N–H and O–H groups in total. The van der Waals surface area contributed by atoms with E-state index < -0.39 is 11.6 Å². The van der Waals surface area contributed by atoms with Gasteiger partial charge < -0.3 is 9.64 Å². The van der Waals surface area contributed by atoms with Crippen LogP contribution in [0, 0.1) is 23.0 Å². The molecule has 0 bridgehead atoms. The molecule has 1 saturated heterocycles. The number of nitrogens with zero attached hydrogens (tertiary/aromatic N) is 2. The van der Waals surface area contributed by atoms with Crippen LogP contribution in [0.5, 0.6) is 0 Å². The summed E-state index contributed by atoms with van der Waals surface area (Å²) in [4.78, 5) is 1.67. The van der Waals surface area contributed by atoms with Crippen molar-refractivity contribution < 1.29 is 13.5 Å². The maximum Gasteiger partial charge on any atom is 0.150 e. The molecule has 1 aromatic carbocycles. The lowest BCUT2D eigenvalue weighted by Gasteiger charge is -2.33. The number of anilines is 1. The Bertz CT molecular complexity index is 453. The minimum Gasteiger partial charge on any atom is -0.381 e. The van der Waals surface area contributed by atoms with Crippen molar-refractivity contribution in [2.24, 2.45) is 0 Å². The first kappa shape index (κ1) is 12.8. The number of rotatable bonds is 2. The summed E-state index contributed by atoms with van der Waals surface area (Å²) in [6.07, 6.45) is 1.65. The molecule has 1 aliphatic heterocycles. The van der Waals surface area contributed by atoms with Gasteiger partial charge in [0.05, 0.1) is 17.7 Å². The summed E-state index contributed by atoms with van der Waals surface area (Å²) in [5.74, 6) is -1.36. The Balaban J connectivity index is 2.22. The van der Waals surface area contributed by atoms with Crippen LogP contribution in [-0.2, 0) is 4.74 Å². The third kappa shape index (κ3) is 2.44. The van der Waals surface area contributed by atoms with Gasteiger partial charge in [-0.25, -0.2) is 8.78 Å². The third-order valence-corrected chi connectivity index (χ3v) is 3.24. The van der Waals surface area contributed by atoms with Crippen molar-refractivity contribution >= 4 is 5.69 Å². The van der Waals surface area contributed by atoms with Gasteiger partial charge in [-0.2, -0.15) is 5.26 Å². The molecule has 18 heavy (non-hydrogen) atoms. The molecule has 0 aromatic heterocycles. The number of benzene rings is 1. The Morgan fingerprint density at radius 1 is 1.28 bits per heavy atom. The summed E-state index contributed by atoms with van der Waals surface area (Å²) < 4.78 is 32.8. The van der Waals surface area contributed by atoms with Gasteiger partial charge in [0.2, 0.25) is 0 Å². The molecule has 1 aromatic rings. The number of nitriles is 1. The normalized spacial score (nSPS) is 16.7. The Kier molecular flexibility index (Phi) is 3.78. The molecule has 0 amide bonds. The minimum atomic E-state index is -0.678. The van der Waals surface area contributed by atoms with Crippen molar-refractivity contribution in [1.82, 2.24) is 0 Å². The highest BCUT2D eigenvalue weighted by atomic mass is 19.1. The first-order valence-electron chi connectivity index (χ1n) is 5.82. The van der Waals surface area contributed by atoms with Crippen molar-refractivity contribution in [2.75, 3.05) is 25.1 Å². The molecule has 0 aliphatic carbocycles. The zero-order valence-electron chi connectivity index (χ0n) is 10.1. The molecule has 0 saturated carbocycles. The minimum absolute atomic E-state index is 0.000488. The maximum atomic E-state index is 13.8. The predicted molar refractivity (Wildman–Crippen MR) is 63.3 cm³/mol. The summed E-state index contributed by atoms with van der Waals surface area (Å²) in [5.41, 5.74) is -0.0379. The fraction of sp³-hybridized carbons (Fsp3) is 0.462. The van der Waals surface area contributed by atoms with Crippen LogP contribution < -0.4 is 4.90 Å². The molecule has 1 fully saturated rings. The molecular weight excluding hydrogens is 238 g/mol. The van der Waals surface area contributed by atoms with Crippen molar-refractivity contribution in [3.8, 4) is 6.07 Å². The molecule has 1 heterocycles. The van der Waals surface area contributed by atoms with E-state index in [9.17, 15) is 8.78 Å². The third-order valence-electron chi connectivity index (χ3n) is 3.24. The summed E-state index contributed by atoms with van der Waals surface area (Å²) >= 11 is 0. The van der Waals surface area contributed by atoms with E-state index in [0.29, 0.717) is 13.1 Å². The summed E-state index contributed by atoms with van der Waals surface area (Å²) in [6.45, 7) is 1.11. The Morgan fingerprint density at radius 3 is 2.28 bits per heavy atom. The number of hydrogen-bond acceptors (Lipinski definition) is 3. The van der Waals surface area contributed by atoms with Gasteiger partial charge in [0.1, 0.15) is 5.69 Å². The molecule has 3 nitrogen and oxygen atoms in total. The Labute approximate surface area is 105 Å². The van der Waals surface area contributed by atoms with Crippen LogP contribution in [-0.4, -0.2) is 26.3 Å². The van der Waals surface area contributed by atoms with Gasteiger partial charge in [0, 0.05) is 20.2 Å². The molecule has 0 spiro atoms. The Hall–Kier alpha value is -1.67. The highest BCUT2D eigenvalue weighted by molar-refractivity contribution is 5.52. The predicted octanol–water partition coefficient (Wildman–Crippen LogP) is 2.45. The Morgan fingerprint density at radius 2 is 1.83 bits per heavy atom. The van der Waals surface area contributed by atoms with Gasteiger partial charge in [-0.1, -0.05) is 0 Å². The largest absolute Gasteiger partial charge is 0.381 e. The monoisotopic (exact) mass is 252 g/mol. The average molecular weight is 252 g/mol. The van der Waals surface area contributed by atoms with Crippen LogP contribution >= 0.6 is 0 Å². The second kappa shape index (κ2) is 5.32. The highest BCUT2D eigenvalue weighted by Gasteiger charge is 2.24. The zero-order chi connectivity index (χ0) is 13.1. The average Bonchev–Trinajstić information content (AvgIpc) is 2.38. The van der Waals surface area contributed by atoms with E-state index in [0.717, 1.165) is 25.0 Å². The molecule has 0 atom stereocenters. The van der Waals surface area contributed by atoms with Gasteiger partial charge in [0.25, 0.3) is 0 Å². The molecule has 0 radical (unpaired) electrons. The number of ether oxygens (including phenoxy) is 1. The fourth-order valence-electron chi connectivity index (χ4n) is 2.25. The SMILES string of the molecule is COC1CCN(c2c(F)cc(C#N)cc2F)CC1. The lowest BCUT2D eigenvalue weighted by molar-refractivity contribution is 0.0817. The van der Waals surface area contributed by atoms with Crippen molar-refractivity contribution in [2.45, 2.75) is 18.9 Å². The number of hydrogen-bond donors (Lipinski definition) is 0. The fourth-order valence-corrected chi connectivity index (χ4v) is 2.25. The number of halogens is 2. The van der Waals surface area contributed by atoms with Crippen LogP contribution in [0.25, 0.3) is 0 Å². The van der Waals surface area contributed by atoms with E-state index in [4.69, 9.17) is 10.00 Å². The second-order valence-electron chi connectivity index (χ2n) is 4.32. The van der Waals surface area contributed by atoms with Gasteiger partial charge in [-0.3, -0.25) is 0 Å². The molecular formula is C13H14F2N2O. The lowest BCUT2D eigenvalue weighted by atomic mass is 10.1. The second-order valence-corrected chi connectivity index (χ2v) is 4.32. The van der Waals surface area contributed by atoms with Crippen LogP contribution in [0.3, 0.4) is 0 Å². The summed E-state index contributed by atoms with van der Waals surface area (Å²) in [5, 5.41) is 8.64. The molecule has 2 rings (SSSR count). The first-order valence-corrected chi connectivity index (χ1v) is 5.82. The summed E-state index contributed by atoms with van der Waals surface area (Å²) in [6, 6.07) is 3.88. The molecule has 96 valence electrons. The van der Waals surface area contributed by atoms with Gasteiger partial charge in [-0.05, 0) is 25.0 Å². The van der Waals surface area contributed by atoms with Crippen LogP contribution in [0.4, 0.5) is 14.5 Å². The lowest BCUT2D eigenvalue weighted by Crippen LogP contribution is -2.37. The van der Waals surface area contributed by atoms with Crippen molar-refractivity contribution in [3.05, 3.63) is 29.3 Å². The van der Waals surface area contributed by atoms with E-state index in [1.807, 2.05) is 0 Å². The van der Waals surface area contributed by atoms with E-state index >= 15 is 0 Å². The molecule has 1 aliphatic rings. The van der Waals surface area contributed by atoms with E-state index in [-0.39, 0.29) is 17.4 Å². The van der Waals surface area contributed by atoms with E-state index in [1.165, 1.54) is 0 Å². The topological polar surface area (TPSA) is 36.3 Å². The van der Waals surface area contributed by atoms with E-state index in [1.54, 1.807) is 18.1 Å². The van der Waals surface area contributed by atoms with Gasteiger partial charge in [0.15, 0.2) is 11.6 Å². The smallest absolute Gasteiger partial charge is 0.150 e. The molecule has 0 unspecified atom stereocenters. The zero-order valence-corrected chi connectivity index (χ0v) is 10.1. The van der Waals surface area contributed by atoms with E-state index in [2.05, 4.69) is 0 Å². The molecule has 5 heteroatoms. The van der Waals surface area contributed by atoms with Crippen LogP contribution in [0.2, 0.25) is 0 Å². The summed E-state index contributed by atoms with van der Waals surface area (Å²) in [7, 11) is 1.64. The van der Waals surface area contributed by atoms with Gasteiger partial charge >= 0.3 is 0 Å². The van der Waals surface area contributed by atoms with Crippen LogP contribution in [0.15, 0.2) is 12.1 Å². The standard InChI is InChI=1S/C13H14F2N2O/c1-18-10-2-4-17(5-3-10)13-11(14)6-9(8-16)7-12(13)15/h6-7,10H,2-5H2,1H3.